The molecule has 1 atom stereocenters. The van der Waals surface area contributed by atoms with Gasteiger partial charge in [-0.2, -0.15) is 0 Å². The molecule has 1 saturated heterocycles. The lowest BCUT2D eigenvalue weighted by Gasteiger charge is -2.26. The van der Waals surface area contributed by atoms with Crippen molar-refractivity contribution in [1.82, 2.24) is 0 Å². The summed E-state index contributed by atoms with van der Waals surface area (Å²) in [7, 11) is 2.96. The predicted octanol–water partition coefficient (Wildman–Crippen LogP) is 5.52. The Morgan fingerprint density at radius 3 is 2.26 bits per heavy atom. The van der Waals surface area contributed by atoms with Crippen molar-refractivity contribution in [3.63, 3.8) is 0 Å². The first-order chi connectivity index (χ1) is 18.3. The number of ether oxygens (including phenoxy) is 4. The summed E-state index contributed by atoms with van der Waals surface area (Å²) < 4.78 is 22.2. The van der Waals surface area contributed by atoms with Crippen LogP contribution in [0.2, 0.25) is 0 Å². The van der Waals surface area contributed by atoms with Gasteiger partial charge in [-0.1, -0.05) is 18.2 Å². The Morgan fingerprint density at radius 1 is 0.921 bits per heavy atom. The third kappa shape index (κ3) is 5.16. The van der Waals surface area contributed by atoms with Crippen LogP contribution in [0.3, 0.4) is 0 Å². The van der Waals surface area contributed by atoms with Crippen LogP contribution in [0, 0.1) is 0 Å². The molecule has 1 aliphatic rings. The van der Waals surface area contributed by atoms with Gasteiger partial charge in [0.15, 0.2) is 0 Å². The molecule has 1 N–H and O–H groups in total. The fraction of sp³-hybridized carbons (Fsp3) is 0.267. The molecule has 0 saturated carbocycles. The normalized spacial score (nSPS) is 16.6. The smallest absolute Gasteiger partial charge is 0.300 e. The van der Waals surface area contributed by atoms with Crippen molar-refractivity contribution in [3.05, 3.63) is 83.4 Å². The van der Waals surface area contributed by atoms with Gasteiger partial charge in [-0.05, 0) is 68.8 Å². The minimum absolute atomic E-state index is 0.0201. The van der Waals surface area contributed by atoms with Crippen LogP contribution in [0.1, 0.15) is 37.9 Å². The maximum absolute atomic E-state index is 13.5. The van der Waals surface area contributed by atoms with E-state index in [4.69, 9.17) is 18.9 Å². The summed E-state index contributed by atoms with van der Waals surface area (Å²) >= 11 is 0. The third-order valence-electron chi connectivity index (χ3n) is 6.08. The molecule has 1 aliphatic heterocycles. The number of amides is 1. The molecule has 1 amide bonds. The van der Waals surface area contributed by atoms with E-state index in [1.807, 2.05) is 20.8 Å². The molecule has 8 nitrogen and oxygen atoms in total. The quantitative estimate of drug-likeness (QED) is 0.227. The van der Waals surface area contributed by atoms with Gasteiger partial charge < -0.3 is 24.1 Å². The average molecular weight is 518 g/mol. The monoisotopic (exact) mass is 517 g/mol. The van der Waals surface area contributed by atoms with E-state index in [2.05, 4.69) is 0 Å². The molecule has 3 aromatic carbocycles. The number of anilines is 1. The molecule has 1 unspecified atom stereocenters. The summed E-state index contributed by atoms with van der Waals surface area (Å²) in [6.45, 7) is 6.16. The number of carbonyl (C=O) groups excluding carboxylic acids is 2. The first-order valence-electron chi connectivity index (χ1n) is 12.3. The van der Waals surface area contributed by atoms with E-state index in [-0.39, 0.29) is 23.0 Å². The molecule has 4 rings (SSSR count). The standard InChI is InChI=1S/C30H31NO7/c1-6-37-23-9-7-8-20(16-23)31-27(19-10-12-21(13-11-19)38-18(2)3)26(29(33)30(31)34)28(32)24-17-22(35-4)14-15-25(24)36-5/h7-18,27,32H,6H2,1-5H3/b28-26+. The van der Waals surface area contributed by atoms with Crippen molar-refractivity contribution < 1.29 is 33.6 Å². The second kappa shape index (κ2) is 11.3. The number of methoxy groups -OCH3 is 2. The van der Waals surface area contributed by atoms with E-state index in [1.54, 1.807) is 66.7 Å². The zero-order valence-corrected chi connectivity index (χ0v) is 22.1. The van der Waals surface area contributed by atoms with Gasteiger partial charge in [0.25, 0.3) is 11.7 Å². The Kier molecular flexibility index (Phi) is 7.90. The molecule has 0 radical (unpaired) electrons. The van der Waals surface area contributed by atoms with Crippen LogP contribution in [0.15, 0.2) is 72.3 Å². The van der Waals surface area contributed by atoms with Crippen LogP contribution in [0.5, 0.6) is 23.0 Å². The Balaban J connectivity index is 1.93. The molecule has 38 heavy (non-hydrogen) atoms. The van der Waals surface area contributed by atoms with E-state index in [9.17, 15) is 14.7 Å². The first kappa shape index (κ1) is 26.6. The van der Waals surface area contributed by atoms with Gasteiger partial charge >= 0.3 is 0 Å². The number of benzene rings is 3. The van der Waals surface area contributed by atoms with Gasteiger partial charge in [0.1, 0.15) is 28.8 Å². The van der Waals surface area contributed by atoms with E-state index < -0.39 is 17.7 Å². The Labute approximate surface area is 222 Å². The van der Waals surface area contributed by atoms with Gasteiger partial charge in [-0.15, -0.1) is 0 Å². The van der Waals surface area contributed by atoms with Crippen molar-refractivity contribution in [2.75, 3.05) is 25.7 Å². The minimum Gasteiger partial charge on any atom is -0.507 e. The van der Waals surface area contributed by atoms with Gasteiger partial charge in [0.2, 0.25) is 0 Å². The lowest BCUT2D eigenvalue weighted by molar-refractivity contribution is -0.132. The van der Waals surface area contributed by atoms with E-state index in [0.29, 0.717) is 40.9 Å². The molecule has 1 fully saturated rings. The summed E-state index contributed by atoms with van der Waals surface area (Å²) in [4.78, 5) is 28.4. The molecular formula is C30H31NO7. The predicted molar refractivity (Wildman–Crippen MR) is 144 cm³/mol. The SMILES string of the molecule is CCOc1cccc(N2C(=O)C(=O)/C(=C(/O)c3cc(OC)ccc3OC)C2c2ccc(OC(C)C)cc2)c1. The number of Topliss-reactive ketones (excluding diaryl/α,β-unsaturated/α-hetero) is 1. The van der Waals surface area contributed by atoms with Crippen LogP contribution < -0.4 is 23.8 Å². The molecule has 0 spiro atoms. The lowest BCUT2D eigenvalue weighted by Crippen LogP contribution is -2.29. The first-order valence-corrected chi connectivity index (χ1v) is 12.3. The van der Waals surface area contributed by atoms with Crippen molar-refractivity contribution in [2.45, 2.75) is 32.9 Å². The molecule has 8 heteroatoms. The van der Waals surface area contributed by atoms with Crippen LogP contribution >= 0.6 is 0 Å². The highest BCUT2D eigenvalue weighted by atomic mass is 16.5. The molecule has 0 aromatic heterocycles. The van der Waals surface area contributed by atoms with Crippen LogP contribution in [0.25, 0.3) is 5.76 Å². The summed E-state index contributed by atoms with van der Waals surface area (Å²) in [5.74, 6) is 0.0330. The summed E-state index contributed by atoms with van der Waals surface area (Å²) in [6, 6.07) is 18.0. The van der Waals surface area contributed by atoms with Gasteiger partial charge in [-0.3, -0.25) is 14.5 Å². The summed E-state index contributed by atoms with van der Waals surface area (Å²) in [6.07, 6.45) is -0.0201. The number of aliphatic hydroxyl groups is 1. The average Bonchev–Trinajstić information content (AvgIpc) is 3.18. The van der Waals surface area contributed by atoms with Gasteiger partial charge in [0, 0.05) is 11.8 Å². The minimum atomic E-state index is -0.920. The molecule has 0 aliphatic carbocycles. The number of hydrogen-bond donors (Lipinski definition) is 1. The molecule has 1 heterocycles. The highest BCUT2D eigenvalue weighted by Crippen LogP contribution is 2.44. The van der Waals surface area contributed by atoms with E-state index >= 15 is 0 Å². The number of hydrogen-bond acceptors (Lipinski definition) is 7. The zero-order chi connectivity index (χ0) is 27.4. The lowest BCUT2D eigenvalue weighted by atomic mass is 9.94. The fourth-order valence-corrected chi connectivity index (χ4v) is 4.45. The number of nitrogens with zero attached hydrogens (tertiary/aromatic N) is 1. The van der Waals surface area contributed by atoms with E-state index in [1.165, 1.54) is 19.1 Å². The Morgan fingerprint density at radius 2 is 1.63 bits per heavy atom. The Hall–Kier alpha value is -4.46. The van der Waals surface area contributed by atoms with E-state index in [0.717, 1.165) is 0 Å². The fourth-order valence-electron chi connectivity index (χ4n) is 4.45. The number of rotatable bonds is 9. The van der Waals surface area contributed by atoms with Gasteiger partial charge in [-0.25, -0.2) is 0 Å². The second-order valence-corrected chi connectivity index (χ2v) is 8.90. The Bertz CT molecular complexity index is 1360. The van der Waals surface area contributed by atoms with Gasteiger partial charge in [0.05, 0.1) is 44.1 Å². The number of aliphatic hydroxyl groups excluding tert-OH is 1. The molecule has 0 bridgehead atoms. The summed E-state index contributed by atoms with van der Waals surface area (Å²) in [5, 5.41) is 11.5. The zero-order valence-electron chi connectivity index (χ0n) is 22.1. The highest BCUT2D eigenvalue weighted by molar-refractivity contribution is 6.51. The maximum Gasteiger partial charge on any atom is 0.300 e. The topological polar surface area (TPSA) is 94.5 Å². The highest BCUT2D eigenvalue weighted by Gasteiger charge is 2.47. The number of carbonyl (C=O) groups is 2. The van der Waals surface area contributed by atoms with Crippen molar-refractivity contribution in [3.8, 4) is 23.0 Å². The van der Waals surface area contributed by atoms with Crippen molar-refractivity contribution in [2.24, 2.45) is 0 Å². The second-order valence-electron chi connectivity index (χ2n) is 8.90. The number of ketones is 1. The van der Waals surface area contributed by atoms with Crippen molar-refractivity contribution in [1.29, 1.82) is 0 Å². The van der Waals surface area contributed by atoms with Crippen molar-refractivity contribution >= 4 is 23.1 Å². The molecule has 3 aromatic rings. The molecular weight excluding hydrogens is 486 g/mol. The summed E-state index contributed by atoms with van der Waals surface area (Å²) in [5.41, 5.74) is 1.24. The largest absolute Gasteiger partial charge is 0.507 e. The van der Waals surface area contributed by atoms with Crippen LogP contribution in [-0.4, -0.2) is 43.7 Å². The maximum atomic E-state index is 13.5. The third-order valence-corrected chi connectivity index (χ3v) is 6.08. The van der Waals surface area contributed by atoms with Crippen LogP contribution in [0.4, 0.5) is 5.69 Å². The molecule has 198 valence electrons. The van der Waals surface area contributed by atoms with Crippen LogP contribution in [-0.2, 0) is 9.59 Å².